The second kappa shape index (κ2) is 6.89. The van der Waals surface area contributed by atoms with Crippen LogP contribution < -0.4 is 4.74 Å². The molecule has 5 heteroatoms. The molecule has 0 aliphatic carbocycles. The SMILES string of the molecule is CCN1CCOC(COc2c(Cl)cccc2C=O)C1. The third kappa shape index (κ3) is 3.69. The number of halogens is 1. The molecule has 0 saturated carbocycles. The minimum atomic E-state index is 0.0180. The molecule has 0 amide bonds. The van der Waals surface area contributed by atoms with E-state index in [0.717, 1.165) is 25.9 Å². The highest BCUT2D eigenvalue weighted by Crippen LogP contribution is 2.27. The largest absolute Gasteiger partial charge is 0.489 e. The van der Waals surface area contributed by atoms with Crippen molar-refractivity contribution in [3.63, 3.8) is 0 Å². The van der Waals surface area contributed by atoms with Gasteiger partial charge in [0.05, 0.1) is 17.2 Å². The molecule has 1 unspecified atom stereocenters. The molecule has 0 bridgehead atoms. The summed E-state index contributed by atoms with van der Waals surface area (Å²) in [6.07, 6.45) is 0.769. The van der Waals surface area contributed by atoms with Gasteiger partial charge in [0.25, 0.3) is 0 Å². The average Bonchev–Trinajstić information content (AvgIpc) is 2.46. The van der Waals surface area contributed by atoms with Crippen LogP contribution in [0.1, 0.15) is 17.3 Å². The highest BCUT2D eigenvalue weighted by molar-refractivity contribution is 6.32. The van der Waals surface area contributed by atoms with Crippen molar-refractivity contribution >= 4 is 17.9 Å². The van der Waals surface area contributed by atoms with Crippen molar-refractivity contribution in [2.24, 2.45) is 0 Å². The van der Waals surface area contributed by atoms with E-state index in [1.165, 1.54) is 0 Å². The maximum Gasteiger partial charge on any atom is 0.153 e. The van der Waals surface area contributed by atoms with Crippen molar-refractivity contribution in [1.29, 1.82) is 0 Å². The number of carbonyl (C=O) groups excluding carboxylic acids is 1. The Hall–Kier alpha value is -1.10. The summed E-state index contributed by atoms with van der Waals surface area (Å²) < 4.78 is 11.3. The lowest BCUT2D eigenvalue weighted by Crippen LogP contribution is -2.44. The molecule has 2 rings (SSSR count). The van der Waals surface area contributed by atoms with Crippen LogP contribution in [0.15, 0.2) is 18.2 Å². The number of benzene rings is 1. The maximum absolute atomic E-state index is 11.0. The highest BCUT2D eigenvalue weighted by Gasteiger charge is 2.20. The molecule has 0 aromatic heterocycles. The molecule has 1 aliphatic heterocycles. The zero-order chi connectivity index (χ0) is 13.7. The first-order valence-corrected chi connectivity index (χ1v) is 6.82. The van der Waals surface area contributed by atoms with Crippen molar-refractivity contribution < 1.29 is 14.3 Å². The lowest BCUT2D eigenvalue weighted by molar-refractivity contribution is -0.0464. The summed E-state index contributed by atoms with van der Waals surface area (Å²) in [5, 5.41) is 0.452. The minimum absolute atomic E-state index is 0.0180. The minimum Gasteiger partial charge on any atom is -0.489 e. The molecule has 1 aromatic carbocycles. The maximum atomic E-state index is 11.0. The third-order valence-corrected chi connectivity index (χ3v) is 3.51. The van der Waals surface area contributed by atoms with Crippen molar-refractivity contribution in [3.8, 4) is 5.75 Å². The molecule has 0 N–H and O–H groups in total. The Morgan fingerprint density at radius 1 is 1.58 bits per heavy atom. The second-order valence-corrected chi connectivity index (χ2v) is 4.88. The number of rotatable bonds is 5. The molecule has 1 fully saturated rings. The van der Waals surface area contributed by atoms with E-state index in [2.05, 4.69) is 11.8 Å². The standard InChI is InChI=1S/C14H18ClNO3/c1-2-16-6-7-18-12(8-16)10-19-14-11(9-17)4-3-5-13(14)15/h3-5,9,12H,2,6-8,10H2,1H3. The Bertz CT molecular complexity index is 439. The Morgan fingerprint density at radius 2 is 2.42 bits per heavy atom. The predicted octanol–water partition coefficient (Wildman–Crippen LogP) is 2.25. The van der Waals surface area contributed by atoms with E-state index in [0.29, 0.717) is 29.5 Å². The van der Waals surface area contributed by atoms with Crippen molar-refractivity contribution in [3.05, 3.63) is 28.8 Å². The van der Waals surface area contributed by atoms with Crippen molar-refractivity contribution in [1.82, 2.24) is 4.90 Å². The first kappa shape index (κ1) is 14.3. The van der Waals surface area contributed by atoms with Crippen LogP contribution in [0.3, 0.4) is 0 Å². The van der Waals surface area contributed by atoms with Crippen LogP contribution in [0, 0.1) is 0 Å². The monoisotopic (exact) mass is 283 g/mol. The molecule has 4 nitrogen and oxygen atoms in total. The first-order valence-electron chi connectivity index (χ1n) is 6.45. The number of morpholine rings is 1. The van der Waals surface area contributed by atoms with Gasteiger partial charge in [-0.3, -0.25) is 9.69 Å². The van der Waals surface area contributed by atoms with Crippen LogP contribution in [0.5, 0.6) is 5.75 Å². The van der Waals surface area contributed by atoms with Gasteiger partial charge in [0, 0.05) is 13.1 Å². The first-order chi connectivity index (χ1) is 9.24. The number of carbonyl (C=O) groups is 1. The van der Waals surface area contributed by atoms with Gasteiger partial charge in [-0.05, 0) is 18.7 Å². The number of nitrogens with zero attached hydrogens (tertiary/aromatic N) is 1. The van der Waals surface area contributed by atoms with E-state index in [-0.39, 0.29) is 6.10 Å². The summed E-state index contributed by atoms with van der Waals surface area (Å²) in [5.74, 6) is 0.441. The van der Waals surface area contributed by atoms with Crippen molar-refractivity contribution in [2.75, 3.05) is 32.8 Å². The van der Waals surface area contributed by atoms with E-state index in [4.69, 9.17) is 21.1 Å². The molecule has 104 valence electrons. The summed E-state index contributed by atoms with van der Waals surface area (Å²) in [7, 11) is 0. The number of para-hydroxylation sites is 1. The summed E-state index contributed by atoms with van der Waals surface area (Å²) in [6, 6.07) is 5.13. The fraction of sp³-hybridized carbons (Fsp3) is 0.500. The fourth-order valence-electron chi connectivity index (χ4n) is 2.12. The van der Waals surface area contributed by atoms with Gasteiger partial charge < -0.3 is 9.47 Å². The normalized spacial score (nSPS) is 20.2. The summed E-state index contributed by atoms with van der Waals surface area (Å²) in [5.41, 5.74) is 0.468. The number of ether oxygens (including phenoxy) is 2. The van der Waals surface area contributed by atoms with Crippen LogP contribution in [-0.2, 0) is 4.74 Å². The lowest BCUT2D eigenvalue weighted by Gasteiger charge is -2.32. The quantitative estimate of drug-likeness (QED) is 0.777. The second-order valence-electron chi connectivity index (χ2n) is 4.47. The summed E-state index contributed by atoms with van der Waals surface area (Å²) in [6.45, 7) is 6.05. The molecule has 19 heavy (non-hydrogen) atoms. The van der Waals surface area contributed by atoms with E-state index in [9.17, 15) is 4.79 Å². The fourth-order valence-corrected chi connectivity index (χ4v) is 2.35. The molecule has 0 radical (unpaired) electrons. The van der Waals surface area contributed by atoms with E-state index in [1.807, 2.05) is 0 Å². The van der Waals surface area contributed by atoms with Crippen LogP contribution in [0.2, 0.25) is 5.02 Å². The molecular formula is C14H18ClNO3. The van der Waals surface area contributed by atoms with E-state index < -0.39 is 0 Å². The number of aldehydes is 1. The van der Waals surface area contributed by atoms with Gasteiger partial charge in [0.2, 0.25) is 0 Å². The van der Waals surface area contributed by atoms with E-state index >= 15 is 0 Å². The van der Waals surface area contributed by atoms with E-state index in [1.54, 1.807) is 18.2 Å². The summed E-state index contributed by atoms with van der Waals surface area (Å²) >= 11 is 6.05. The van der Waals surface area contributed by atoms with Gasteiger partial charge in [0.15, 0.2) is 6.29 Å². The van der Waals surface area contributed by atoms with Crippen LogP contribution >= 0.6 is 11.6 Å². The molecular weight excluding hydrogens is 266 g/mol. The Morgan fingerprint density at radius 3 is 3.16 bits per heavy atom. The zero-order valence-electron chi connectivity index (χ0n) is 11.0. The molecule has 1 heterocycles. The Balaban J connectivity index is 1.97. The number of hydrogen-bond acceptors (Lipinski definition) is 4. The van der Waals surface area contributed by atoms with Crippen LogP contribution in [0.25, 0.3) is 0 Å². The molecule has 0 spiro atoms. The van der Waals surface area contributed by atoms with Crippen LogP contribution in [0.4, 0.5) is 0 Å². The highest BCUT2D eigenvalue weighted by atomic mass is 35.5. The number of hydrogen-bond donors (Lipinski definition) is 0. The zero-order valence-corrected chi connectivity index (χ0v) is 11.7. The lowest BCUT2D eigenvalue weighted by atomic mass is 10.2. The third-order valence-electron chi connectivity index (χ3n) is 3.21. The van der Waals surface area contributed by atoms with Gasteiger partial charge >= 0.3 is 0 Å². The molecule has 1 aliphatic rings. The number of likely N-dealkylation sites (N-methyl/N-ethyl adjacent to an activating group) is 1. The summed E-state index contributed by atoms with van der Waals surface area (Å²) in [4.78, 5) is 13.3. The Labute approximate surface area is 118 Å². The van der Waals surface area contributed by atoms with Gasteiger partial charge in [-0.2, -0.15) is 0 Å². The van der Waals surface area contributed by atoms with Crippen LogP contribution in [-0.4, -0.2) is 50.1 Å². The van der Waals surface area contributed by atoms with Gasteiger partial charge in [-0.15, -0.1) is 0 Å². The van der Waals surface area contributed by atoms with Gasteiger partial charge in [-0.1, -0.05) is 24.6 Å². The topological polar surface area (TPSA) is 38.8 Å². The van der Waals surface area contributed by atoms with Gasteiger partial charge in [-0.25, -0.2) is 0 Å². The average molecular weight is 284 g/mol. The van der Waals surface area contributed by atoms with Crippen molar-refractivity contribution in [2.45, 2.75) is 13.0 Å². The predicted molar refractivity (Wildman–Crippen MR) is 74.2 cm³/mol. The Kier molecular flexibility index (Phi) is 5.19. The van der Waals surface area contributed by atoms with Gasteiger partial charge in [0.1, 0.15) is 18.5 Å². The molecule has 1 saturated heterocycles. The molecule has 1 atom stereocenters. The molecule has 1 aromatic rings. The smallest absolute Gasteiger partial charge is 0.153 e.